The van der Waals surface area contributed by atoms with E-state index in [1.54, 1.807) is 11.9 Å². The first-order valence-corrected chi connectivity index (χ1v) is 8.52. The number of amides is 2. The fourth-order valence-corrected chi connectivity index (χ4v) is 3.62. The second-order valence-electron chi connectivity index (χ2n) is 7.18. The summed E-state index contributed by atoms with van der Waals surface area (Å²) in [6, 6.07) is -0.598. The van der Waals surface area contributed by atoms with Crippen molar-refractivity contribution >= 4 is 6.03 Å². The lowest BCUT2D eigenvalue weighted by Gasteiger charge is -2.34. The third kappa shape index (κ3) is 5.55. The molecule has 0 radical (unpaired) electrons. The van der Waals surface area contributed by atoms with Crippen LogP contribution >= 0.6 is 0 Å². The number of nitrogens with one attached hydrogen (secondary N) is 1. The van der Waals surface area contributed by atoms with Gasteiger partial charge in [-0.1, -0.05) is 6.42 Å². The van der Waals surface area contributed by atoms with Crippen molar-refractivity contribution in [3.8, 4) is 0 Å². The Morgan fingerprint density at radius 2 is 1.87 bits per heavy atom. The monoisotopic (exact) mass is 335 g/mol. The van der Waals surface area contributed by atoms with Crippen molar-refractivity contribution in [2.45, 2.75) is 50.7 Å². The lowest BCUT2D eigenvalue weighted by atomic mass is 9.85. The number of carbonyl (C=O) groups excluding carboxylic acids is 1. The van der Waals surface area contributed by atoms with E-state index in [-0.39, 0.29) is 24.9 Å². The smallest absolute Gasteiger partial charge is 0.335 e. The number of hydrogen-bond donors (Lipinski definition) is 1. The van der Waals surface area contributed by atoms with Crippen LogP contribution in [-0.2, 0) is 0 Å². The number of piperidine rings is 1. The third-order valence-corrected chi connectivity index (χ3v) is 5.18. The number of halogens is 3. The molecule has 0 aromatic carbocycles. The van der Waals surface area contributed by atoms with E-state index in [4.69, 9.17) is 0 Å². The molecule has 0 aromatic heterocycles. The highest BCUT2D eigenvalue weighted by Crippen LogP contribution is 2.37. The highest BCUT2D eigenvalue weighted by Gasteiger charge is 2.42. The first-order chi connectivity index (χ1) is 10.8. The normalized spacial score (nSPS) is 27.7. The Labute approximate surface area is 136 Å². The maximum absolute atomic E-state index is 12.8. The van der Waals surface area contributed by atoms with Gasteiger partial charge in [-0.2, -0.15) is 13.2 Å². The maximum Gasteiger partial charge on any atom is 0.391 e. The molecule has 1 aliphatic carbocycles. The molecule has 7 heteroatoms. The van der Waals surface area contributed by atoms with Crippen LogP contribution in [0.5, 0.6) is 0 Å². The lowest BCUT2D eigenvalue weighted by molar-refractivity contribution is -0.183. The third-order valence-electron chi connectivity index (χ3n) is 5.18. The van der Waals surface area contributed by atoms with Crippen LogP contribution in [0, 0.1) is 11.8 Å². The summed E-state index contributed by atoms with van der Waals surface area (Å²) in [7, 11) is 3.82. The van der Waals surface area contributed by atoms with E-state index in [0.717, 1.165) is 25.9 Å². The number of nitrogens with zero attached hydrogens (tertiary/aromatic N) is 2. The van der Waals surface area contributed by atoms with Gasteiger partial charge in [0.2, 0.25) is 0 Å². The van der Waals surface area contributed by atoms with E-state index in [2.05, 4.69) is 17.3 Å². The van der Waals surface area contributed by atoms with Crippen LogP contribution in [0.3, 0.4) is 0 Å². The van der Waals surface area contributed by atoms with Gasteiger partial charge in [0.05, 0.1) is 5.92 Å². The van der Waals surface area contributed by atoms with E-state index in [9.17, 15) is 18.0 Å². The predicted octanol–water partition coefficient (Wildman–Crippen LogP) is 3.09. The van der Waals surface area contributed by atoms with Crippen LogP contribution in [0.15, 0.2) is 0 Å². The van der Waals surface area contributed by atoms with Gasteiger partial charge in [-0.05, 0) is 58.2 Å². The summed E-state index contributed by atoms with van der Waals surface area (Å²) in [5, 5.41) is 2.80. The highest BCUT2D eigenvalue weighted by atomic mass is 19.4. The number of carbonyl (C=O) groups is 1. The van der Waals surface area contributed by atoms with Crippen molar-refractivity contribution < 1.29 is 18.0 Å². The molecule has 1 aliphatic heterocycles. The second-order valence-corrected chi connectivity index (χ2v) is 7.18. The van der Waals surface area contributed by atoms with Crippen molar-refractivity contribution in [2.24, 2.45) is 11.8 Å². The molecule has 2 aliphatic rings. The molecule has 134 valence electrons. The molecular formula is C16H28F3N3O. The van der Waals surface area contributed by atoms with Gasteiger partial charge >= 0.3 is 12.2 Å². The van der Waals surface area contributed by atoms with E-state index in [0.29, 0.717) is 25.3 Å². The zero-order valence-corrected chi connectivity index (χ0v) is 14.0. The van der Waals surface area contributed by atoms with E-state index in [1.165, 1.54) is 0 Å². The Bertz CT molecular complexity index is 395. The Morgan fingerprint density at radius 1 is 1.22 bits per heavy atom. The van der Waals surface area contributed by atoms with Gasteiger partial charge in [-0.15, -0.1) is 0 Å². The Morgan fingerprint density at radius 3 is 2.48 bits per heavy atom. The van der Waals surface area contributed by atoms with E-state index in [1.807, 2.05) is 0 Å². The second kappa shape index (κ2) is 7.73. The van der Waals surface area contributed by atoms with Gasteiger partial charge in [0.15, 0.2) is 0 Å². The minimum atomic E-state index is -4.15. The van der Waals surface area contributed by atoms with Gasteiger partial charge < -0.3 is 15.1 Å². The molecule has 2 rings (SSSR count). The average molecular weight is 335 g/mol. The summed E-state index contributed by atoms with van der Waals surface area (Å²) in [5.41, 5.74) is 0. The lowest BCUT2D eigenvalue weighted by Crippen LogP contribution is -2.48. The SMILES string of the molecule is CN1CCC(CN(C)C(=O)NC2CCCC(C(F)(F)F)C2)CC1. The number of rotatable bonds is 3. The molecule has 0 aromatic rings. The minimum Gasteiger partial charge on any atom is -0.335 e. The summed E-state index contributed by atoms with van der Waals surface area (Å²) in [6.45, 7) is 2.75. The van der Waals surface area contributed by atoms with Gasteiger partial charge in [0.25, 0.3) is 0 Å². The van der Waals surface area contributed by atoms with Gasteiger partial charge in [0.1, 0.15) is 0 Å². The zero-order chi connectivity index (χ0) is 17.0. The number of hydrogen-bond acceptors (Lipinski definition) is 2. The number of likely N-dealkylation sites (tertiary alicyclic amines) is 1. The number of urea groups is 1. The summed E-state index contributed by atoms with van der Waals surface area (Å²) in [5.74, 6) is -0.794. The Hall–Kier alpha value is -0.980. The van der Waals surface area contributed by atoms with Crippen LogP contribution in [-0.4, -0.2) is 61.8 Å². The first kappa shape index (κ1) is 18.4. The molecular weight excluding hydrogens is 307 g/mol. The largest absolute Gasteiger partial charge is 0.391 e. The van der Waals surface area contributed by atoms with Crippen LogP contribution in [0.4, 0.5) is 18.0 Å². The zero-order valence-electron chi connectivity index (χ0n) is 14.0. The summed E-state index contributed by atoms with van der Waals surface area (Å²) in [6.07, 6.45) is -0.669. The maximum atomic E-state index is 12.8. The van der Waals surface area contributed by atoms with Gasteiger partial charge in [-0.3, -0.25) is 0 Å². The predicted molar refractivity (Wildman–Crippen MR) is 83.2 cm³/mol. The van der Waals surface area contributed by atoms with Crippen molar-refractivity contribution in [1.29, 1.82) is 0 Å². The van der Waals surface area contributed by atoms with Crippen molar-refractivity contribution in [1.82, 2.24) is 15.1 Å². The summed E-state index contributed by atoms with van der Waals surface area (Å²) < 4.78 is 38.5. The van der Waals surface area contributed by atoms with Crippen LogP contribution in [0.2, 0.25) is 0 Å². The van der Waals surface area contributed by atoms with Crippen LogP contribution in [0.25, 0.3) is 0 Å². The fraction of sp³-hybridized carbons (Fsp3) is 0.938. The summed E-state index contributed by atoms with van der Waals surface area (Å²) >= 11 is 0. The average Bonchev–Trinajstić information content (AvgIpc) is 2.49. The van der Waals surface area contributed by atoms with Gasteiger partial charge in [-0.25, -0.2) is 4.79 Å². The standard InChI is InChI=1S/C16H28F3N3O/c1-21-8-6-12(7-9-21)11-22(2)15(23)20-14-5-3-4-13(10-14)16(17,18)19/h12-14H,3-11H2,1-2H3,(H,20,23). The molecule has 2 atom stereocenters. The summed E-state index contributed by atoms with van der Waals surface area (Å²) in [4.78, 5) is 16.1. The number of alkyl halides is 3. The van der Waals surface area contributed by atoms with Gasteiger partial charge in [0, 0.05) is 19.6 Å². The fourth-order valence-electron chi connectivity index (χ4n) is 3.62. The van der Waals surface area contributed by atoms with Crippen molar-refractivity contribution in [3.05, 3.63) is 0 Å². The molecule has 4 nitrogen and oxygen atoms in total. The molecule has 0 spiro atoms. The molecule has 2 amide bonds. The molecule has 23 heavy (non-hydrogen) atoms. The Balaban J connectivity index is 1.77. The first-order valence-electron chi connectivity index (χ1n) is 8.52. The highest BCUT2D eigenvalue weighted by molar-refractivity contribution is 5.74. The quantitative estimate of drug-likeness (QED) is 0.860. The van der Waals surface area contributed by atoms with E-state index >= 15 is 0 Å². The molecule has 2 unspecified atom stereocenters. The Kier molecular flexibility index (Phi) is 6.17. The molecule has 0 bridgehead atoms. The molecule has 1 N–H and O–H groups in total. The molecule has 1 saturated carbocycles. The van der Waals surface area contributed by atoms with Crippen LogP contribution in [0.1, 0.15) is 38.5 Å². The molecule has 2 fully saturated rings. The van der Waals surface area contributed by atoms with Crippen LogP contribution < -0.4 is 5.32 Å². The van der Waals surface area contributed by atoms with E-state index < -0.39 is 12.1 Å². The molecule has 1 heterocycles. The minimum absolute atomic E-state index is 0.0112. The molecule has 1 saturated heterocycles. The van der Waals surface area contributed by atoms with Crippen molar-refractivity contribution in [2.75, 3.05) is 33.7 Å². The topological polar surface area (TPSA) is 35.6 Å². The van der Waals surface area contributed by atoms with Crippen molar-refractivity contribution in [3.63, 3.8) is 0 Å².